The summed E-state index contributed by atoms with van der Waals surface area (Å²) in [7, 11) is 0. The summed E-state index contributed by atoms with van der Waals surface area (Å²) in [6.45, 7) is 9.03. The smallest absolute Gasteiger partial charge is 0.0105 e. The minimum absolute atomic E-state index is 0.794. The van der Waals surface area contributed by atoms with Crippen LogP contribution in [0.15, 0.2) is 22.8 Å². The van der Waals surface area contributed by atoms with Crippen LogP contribution in [0.2, 0.25) is 0 Å². The molecule has 11 heavy (non-hydrogen) atoms. The fourth-order valence-corrected chi connectivity index (χ4v) is 1.68. The van der Waals surface area contributed by atoms with Crippen LogP contribution in [-0.4, -0.2) is 0 Å². The van der Waals surface area contributed by atoms with Crippen LogP contribution in [0, 0.1) is 5.92 Å². The molecule has 0 N–H and O–H groups in total. The van der Waals surface area contributed by atoms with Gasteiger partial charge in [-0.3, -0.25) is 0 Å². The number of rotatable bonds is 2. The third-order valence-electron chi connectivity index (χ3n) is 2.14. The van der Waals surface area contributed by atoms with Crippen molar-refractivity contribution in [3.05, 3.63) is 22.8 Å². The molecule has 0 atom stereocenters. The van der Waals surface area contributed by atoms with Gasteiger partial charge in [0.15, 0.2) is 0 Å². The van der Waals surface area contributed by atoms with Crippen molar-refractivity contribution in [2.45, 2.75) is 40.5 Å². The summed E-state index contributed by atoms with van der Waals surface area (Å²) in [5.74, 6) is 0.794. The molecule has 0 aromatic rings. The summed E-state index contributed by atoms with van der Waals surface area (Å²) in [6.07, 6.45) is 4.82. The Morgan fingerprint density at radius 3 is 2.36 bits per heavy atom. The standard InChI is InChI=1S/C11H18/c1-8(2)5-11-7-9(3)6-10(11)4/h7-8H,5-6H2,1-4H3. The quantitative estimate of drug-likeness (QED) is 0.563. The molecule has 62 valence electrons. The monoisotopic (exact) mass is 150 g/mol. The van der Waals surface area contributed by atoms with Crippen molar-refractivity contribution in [3.63, 3.8) is 0 Å². The van der Waals surface area contributed by atoms with Gasteiger partial charge >= 0.3 is 0 Å². The predicted molar refractivity (Wildman–Crippen MR) is 50.5 cm³/mol. The Bertz CT molecular complexity index is 204. The minimum atomic E-state index is 0.794. The lowest BCUT2D eigenvalue weighted by atomic mass is 10.0. The lowest BCUT2D eigenvalue weighted by Gasteiger charge is -2.04. The van der Waals surface area contributed by atoms with Crippen molar-refractivity contribution in [3.8, 4) is 0 Å². The van der Waals surface area contributed by atoms with E-state index in [4.69, 9.17) is 0 Å². The van der Waals surface area contributed by atoms with Gasteiger partial charge in [-0.2, -0.15) is 0 Å². The van der Waals surface area contributed by atoms with Gasteiger partial charge in [-0.05, 0) is 38.2 Å². The molecule has 0 fully saturated rings. The molecule has 0 nitrogen and oxygen atoms in total. The summed E-state index contributed by atoms with van der Waals surface area (Å²) in [6, 6.07) is 0. The highest BCUT2D eigenvalue weighted by Gasteiger charge is 2.09. The third-order valence-corrected chi connectivity index (χ3v) is 2.14. The first kappa shape index (κ1) is 8.58. The van der Waals surface area contributed by atoms with Crippen molar-refractivity contribution >= 4 is 0 Å². The largest absolute Gasteiger partial charge is 0.0690 e. The van der Waals surface area contributed by atoms with Gasteiger partial charge in [0.05, 0.1) is 0 Å². The van der Waals surface area contributed by atoms with Gasteiger partial charge in [-0.1, -0.05) is 31.1 Å². The van der Waals surface area contributed by atoms with E-state index in [2.05, 4.69) is 33.8 Å². The van der Waals surface area contributed by atoms with Crippen molar-refractivity contribution < 1.29 is 0 Å². The van der Waals surface area contributed by atoms with Crippen LogP contribution in [0.3, 0.4) is 0 Å². The van der Waals surface area contributed by atoms with Gasteiger partial charge in [0, 0.05) is 0 Å². The Morgan fingerprint density at radius 2 is 2.00 bits per heavy atom. The Hall–Kier alpha value is -0.520. The molecule has 0 radical (unpaired) electrons. The normalized spacial score (nSPS) is 18.1. The molecule has 0 aromatic heterocycles. The fourth-order valence-electron chi connectivity index (χ4n) is 1.68. The van der Waals surface area contributed by atoms with Gasteiger partial charge in [0.25, 0.3) is 0 Å². The molecule has 0 aromatic carbocycles. The van der Waals surface area contributed by atoms with Crippen LogP contribution < -0.4 is 0 Å². The van der Waals surface area contributed by atoms with Crippen LogP contribution in [0.1, 0.15) is 40.5 Å². The van der Waals surface area contributed by atoms with Crippen LogP contribution in [-0.2, 0) is 0 Å². The summed E-state index contributed by atoms with van der Waals surface area (Å²) in [5.41, 5.74) is 4.69. The van der Waals surface area contributed by atoms with Crippen LogP contribution in [0.25, 0.3) is 0 Å². The van der Waals surface area contributed by atoms with E-state index in [0.717, 1.165) is 5.92 Å². The average Bonchev–Trinajstić information content (AvgIpc) is 2.09. The number of allylic oxidation sites excluding steroid dienone is 4. The van der Waals surface area contributed by atoms with E-state index >= 15 is 0 Å². The Kier molecular flexibility index (Phi) is 2.53. The SMILES string of the molecule is CC1=CC(CC(C)C)=C(C)C1. The summed E-state index contributed by atoms with van der Waals surface area (Å²) < 4.78 is 0. The van der Waals surface area contributed by atoms with Gasteiger partial charge in [-0.15, -0.1) is 0 Å². The van der Waals surface area contributed by atoms with Crippen LogP contribution in [0.4, 0.5) is 0 Å². The molecule has 0 unspecified atom stereocenters. The zero-order chi connectivity index (χ0) is 8.43. The van der Waals surface area contributed by atoms with E-state index in [1.165, 1.54) is 18.4 Å². The zero-order valence-corrected chi connectivity index (χ0v) is 8.07. The minimum Gasteiger partial charge on any atom is -0.0690 e. The molecule has 1 aliphatic carbocycles. The predicted octanol–water partition coefficient (Wildman–Crippen LogP) is 3.70. The Balaban J connectivity index is 2.63. The highest BCUT2D eigenvalue weighted by Crippen LogP contribution is 2.28. The zero-order valence-electron chi connectivity index (χ0n) is 8.07. The van der Waals surface area contributed by atoms with E-state index in [1.54, 1.807) is 11.1 Å². The van der Waals surface area contributed by atoms with Crippen molar-refractivity contribution in [1.29, 1.82) is 0 Å². The highest BCUT2D eigenvalue weighted by molar-refractivity contribution is 5.37. The lowest BCUT2D eigenvalue weighted by molar-refractivity contribution is 0.647. The maximum Gasteiger partial charge on any atom is -0.0105 e. The van der Waals surface area contributed by atoms with E-state index < -0.39 is 0 Å². The average molecular weight is 150 g/mol. The molecule has 0 saturated heterocycles. The van der Waals surface area contributed by atoms with E-state index in [-0.39, 0.29) is 0 Å². The molecule has 1 rings (SSSR count). The molecule has 0 aliphatic heterocycles. The second-order valence-corrected chi connectivity index (χ2v) is 4.07. The summed E-state index contributed by atoms with van der Waals surface area (Å²) in [5, 5.41) is 0. The number of hydrogen-bond acceptors (Lipinski definition) is 0. The van der Waals surface area contributed by atoms with E-state index in [1.807, 2.05) is 0 Å². The second kappa shape index (κ2) is 3.25. The van der Waals surface area contributed by atoms with Crippen LogP contribution in [0.5, 0.6) is 0 Å². The second-order valence-electron chi connectivity index (χ2n) is 4.07. The molecule has 0 bridgehead atoms. The third kappa shape index (κ3) is 2.21. The van der Waals surface area contributed by atoms with Gasteiger partial charge in [-0.25, -0.2) is 0 Å². The molecule has 0 spiro atoms. The van der Waals surface area contributed by atoms with Gasteiger partial charge in [0.1, 0.15) is 0 Å². The maximum absolute atomic E-state index is 2.36. The topological polar surface area (TPSA) is 0 Å². The molecule has 0 heterocycles. The molecule has 0 amide bonds. The Morgan fingerprint density at radius 1 is 1.36 bits per heavy atom. The highest BCUT2D eigenvalue weighted by atomic mass is 14.2. The van der Waals surface area contributed by atoms with Crippen molar-refractivity contribution in [2.75, 3.05) is 0 Å². The first-order chi connectivity index (χ1) is 5.09. The molecular weight excluding hydrogens is 132 g/mol. The lowest BCUT2D eigenvalue weighted by Crippen LogP contribution is -1.89. The first-order valence-corrected chi connectivity index (χ1v) is 4.45. The van der Waals surface area contributed by atoms with Crippen LogP contribution >= 0.6 is 0 Å². The van der Waals surface area contributed by atoms with Gasteiger partial charge in [0.2, 0.25) is 0 Å². The number of hydrogen-bond donors (Lipinski definition) is 0. The van der Waals surface area contributed by atoms with E-state index in [0.29, 0.717) is 0 Å². The maximum atomic E-state index is 2.36. The molecular formula is C11H18. The molecule has 0 saturated carbocycles. The van der Waals surface area contributed by atoms with Gasteiger partial charge < -0.3 is 0 Å². The van der Waals surface area contributed by atoms with E-state index in [9.17, 15) is 0 Å². The fraction of sp³-hybridized carbons (Fsp3) is 0.636. The van der Waals surface area contributed by atoms with Crippen molar-refractivity contribution in [2.24, 2.45) is 5.92 Å². The Labute approximate surface area is 70.0 Å². The van der Waals surface area contributed by atoms with Crippen molar-refractivity contribution in [1.82, 2.24) is 0 Å². The molecule has 1 aliphatic rings. The first-order valence-electron chi connectivity index (χ1n) is 4.45. The summed E-state index contributed by atoms with van der Waals surface area (Å²) in [4.78, 5) is 0. The molecule has 0 heteroatoms. The summed E-state index contributed by atoms with van der Waals surface area (Å²) >= 11 is 0.